The Bertz CT molecular complexity index is 1120. The number of nitrogens with two attached hydrogens (primary N) is 1. The fraction of sp³-hybridized carbons (Fsp3) is 0.0588. The first-order chi connectivity index (χ1) is 11.4. The number of aromatic nitrogens is 2. The maximum Gasteiger partial charge on any atom is 0.151 e. The highest BCUT2D eigenvalue weighted by Crippen LogP contribution is 2.40. The molecule has 24 heavy (non-hydrogen) atoms. The van der Waals surface area contributed by atoms with Gasteiger partial charge in [0.05, 0.1) is 26.0 Å². The fourth-order valence-corrected chi connectivity index (χ4v) is 4.33. The number of aryl methyl sites for hydroxylation is 1. The summed E-state index contributed by atoms with van der Waals surface area (Å²) in [6, 6.07) is 9.20. The van der Waals surface area contributed by atoms with Crippen LogP contribution in [0.15, 0.2) is 30.3 Å². The number of nitrogens with zero attached hydrogens (tertiary/aromatic N) is 2. The van der Waals surface area contributed by atoms with Crippen LogP contribution in [0.3, 0.4) is 0 Å². The Kier molecular flexibility index (Phi) is 3.81. The minimum absolute atomic E-state index is 0.363. The summed E-state index contributed by atoms with van der Waals surface area (Å²) in [5.74, 6) is 0.363. The topological polar surface area (TPSA) is 51.8 Å². The van der Waals surface area contributed by atoms with E-state index in [-0.39, 0.29) is 0 Å². The van der Waals surface area contributed by atoms with Crippen LogP contribution in [-0.2, 0) is 0 Å². The van der Waals surface area contributed by atoms with Crippen molar-refractivity contribution in [2.45, 2.75) is 6.92 Å². The van der Waals surface area contributed by atoms with Gasteiger partial charge in [-0.05, 0) is 48.2 Å². The van der Waals surface area contributed by atoms with Gasteiger partial charge in [-0.15, -0.1) is 11.3 Å². The number of nitrogen functional groups attached to an aromatic ring is 1. The molecule has 0 saturated carbocycles. The lowest BCUT2D eigenvalue weighted by atomic mass is 10.1. The maximum atomic E-state index is 6.16. The van der Waals surface area contributed by atoms with Gasteiger partial charge in [-0.2, -0.15) is 0 Å². The number of benzene rings is 2. The second kappa shape index (κ2) is 5.74. The largest absolute Gasteiger partial charge is 0.382 e. The SMILES string of the molecule is Cc1c(-c2nc3cc(Cl)c(Cl)cc3nc2N)sc2ccc(Cl)cc12. The summed E-state index contributed by atoms with van der Waals surface area (Å²) < 4.78 is 1.13. The Hall–Kier alpha value is -1.59. The van der Waals surface area contributed by atoms with E-state index in [1.54, 1.807) is 23.5 Å². The molecule has 2 aromatic carbocycles. The van der Waals surface area contributed by atoms with Crippen molar-refractivity contribution in [3.8, 4) is 10.6 Å². The van der Waals surface area contributed by atoms with Crippen molar-refractivity contribution in [3.05, 3.63) is 51.0 Å². The van der Waals surface area contributed by atoms with Crippen LogP contribution >= 0.6 is 46.1 Å². The number of thiophene rings is 1. The molecule has 0 atom stereocenters. The zero-order chi connectivity index (χ0) is 17.0. The average Bonchev–Trinajstić information content (AvgIpc) is 2.85. The molecule has 3 nitrogen and oxygen atoms in total. The van der Waals surface area contributed by atoms with Gasteiger partial charge in [0.2, 0.25) is 0 Å². The lowest BCUT2D eigenvalue weighted by Crippen LogP contribution is -1.98. The van der Waals surface area contributed by atoms with Crippen molar-refractivity contribution >= 4 is 73.1 Å². The van der Waals surface area contributed by atoms with E-state index in [4.69, 9.17) is 40.5 Å². The van der Waals surface area contributed by atoms with Crippen LogP contribution in [0, 0.1) is 6.92 Å². The Labute approximate surface area is 157 Å². The third-order valence-corrected chi connectivity index (χ3v) is 6.08. The number of anilines is 1. The highest BCUT2D eigenvalue weighted by atomic mass is 35.5. The molecule has 2 aromatic heterocycles. The van der Waals surface area contributed by atoms with Crippen molar-refractivity contribution < 1.29 is 0 Å². The smallest absolute Gasteiger partial charge is 0.151 e. The number of rotatable bonds is 1. The molecule has 0 aliphatic heterocycles. The summed E-state index contributed by atoms with van der Waals surface area (Å²) in [6.45, 7) is 2.03. The molecule has 0 aliphatic rings. The van der Waals surface area contributed by atoms with Crippen molar-refractivity contribution in [3.63, 3.8) is 0 Å². The van der Waals surface area contributed by atoms with Gasteiger partial charge in [0.25, 0.3) is 0 Å². The minimum atomic E-state index is 0.363. The van der Waals surface area contributed by atoms with Gasteiger partial charge in [0.1, 0.15) is 5.69 Å². The van der Waals surface area contributed by atoms with E-state index in [9.17, 15) is 0 Å². The standard InChI is InChI=1S/C17H10Cl3N3S/c1-7-9-4-8(18)2-3-14(9)24-16(7)15-17(21)23-13-6-11(20)10(19)5-12(13)22-15/h2-6H,1H3,(H2,21,23). The van der Waals surface area contributed by atoms with Gasteiger partial charge in [-0.25, -0.2) is 9.97 Å². The lowest BCUT2D eigenvalue weighted by molar-refractivity contribution is 1.30. The van der Waals surface area contributed by atoms with E-state index in [0.29, 0.717) is 37.6 Å². The highest BCUT2D eigenvalue weighted by Gasteiger charge is 2.17. The summed E-state index contributed by atoms with van der Waals surface area (Å²) in [5, 5.41) is 2.67. The Morgan fingerprint density at radius 1 is 0.958 bits per heavy atom. The van der Waals surface area contributed by atoms with Gasteiger partial charge in [0.15, 0.2) is 5.82 Å². The zero-order valence-electron chi connectivity index (χ0n) is 12.4. The molecular formula is C17H10Cl3N3S. The van der Waals surface area contributed by atoms with Gasteiger partial charge < -0.3 is 5.73 Å². The Morgan fingerprint density at radius 2 is 1.62 bits per heavy atom. The third kappa shape index (κ3) is 2.50. The molecule has 0 aliphatic carbocycles. The molecule has 0 radical (unpaired) electrons. The molecule has 4 aromatic rings. The van der Waals surface area contributed by atoms with Crippen molar-refractivity contribution in [2.75, 3.05) is 5.73 Å². The summed E-state index contributed by atoms with van der Waals surface area (Å²) in [6.07, 6.45) is 0. The van der Waals surface area contributed by atoms with E-state index >= 15 is 0 Å². The second-order valence-corrected chi connectivity index (χ2v) is 7.71. The summed E-state index contributed by atoms with van der Waals surface area (Å²) >= 11 is 19.9. The predicted molar refractivity (Wildman–Crippen MR) is 105 cm³/mol. The van der Waals surface area contributed by atoms with Crippen molar-refractivity contribution in [1.29, 1.82) is 0 Å². The second-order valence-electron chi connectivity index (χ2n) is 5.41. The Morgan fingerprint density at radius 3 is 2.33 bits per heavy atom. The summed E-state index contributed by atoms with van der Waals surface area (Å²) in [5.41, 5.74) is 9.16. The molecule has 2 heterocycles. The lowest BCUT2D eigenvalue weighted by Gasteiger charge is -2.07. The van der Waals surface area contributed by atoms with E-state index in [0.717, 1.165) is 20.5 Å². The van der Waals surface area contributed by atoms with Crippen LogP contribution < -0.4 is 5.73 Å². The molecule has 0 amide bonds. The van der Waals surface area contributed by atoms with Crippen LogP contribution in [0.2, 0.25) is 15.1 Å². The van der Waals surface area contributed by atoms with Crippen molar-refractivity contribution in [2.24, 2.45) is 0 Å². The zero-order valence-corrected chi connectivity index (χ0v) is 15.5. The quantitative estimate of drug-likeness (QED) is 0.408. The molecule has 0 saturated heterocycles. The molecule has 4 rings (SSSR count). The van der Waals surface area contributed by atoms with Crippen LogP contribution in [0.1, 0.15) is 5.56 Å². The number of hydrogen-bond acceptors (Lipinski definition) is 4. The first-order valence-electron chi connectivity index (χ1n) is 7.05. The normalized spacial score (nSPS) is 11.5. The van der Waals surface area contributed by atoms with Crippen LogP contribution in [0.5, 0.6) is 0 Å². The summed E-state index contributed by atoms with van der Waals surface area (Å²) in [4.78, 5) is 10.1. The molecular weight excluding hydrogens is 385 g/mol. The van der Waals surface area contributed by atoms with Crippen LogP contribution in [0.4, 0.5) is 5.82 Å². The van der Waals surface area contributed by atoms with Gasteiger partial charge in [-0.3, -0.25) is 0 Å². The number of hydrogen-bond donors (Lipinski definition) is 1. The van der Waals surface area contributed by atoms with Crippen LogP contribution in [-0.4, -0.2) is 9.97 Å². The first kappa shape index (κ1) is 15.9. The minimum Gasteiger partial charge on any atom is -0.382 e. The molecule has 0 unspecified atom stereocenters. The molecule has 0 fully saturated rings. The van der Waals surface area contributed by atoms with E-state index in [1.165, 1.54) is 0 Å². The molecule has 2 N–H and O–H groups in total. The molecule has 7 heteroatoms. The average molecular weight is 395 g/mol. The fourth-order valence-electron chi connectivity index (χ4n) is 2.65. The van der Waals surface area contributed by atoms with Gasteiger partial charge >= 0.3 is 0 Å². The molecule has 0 spiro atoms. The predicted octanol–water partition coefficient (Wildman–Crippen LogP) is 6.36. The van der Waals surface area contributed by atoms with Gasteiger partial charge in [-0.1, -0.05) is 34.8 Å². The first-order valence-corrected chi connectivity index (χ1v) is 9.00. The summed E-state index contributed by atoms with van der Waals surface area (Å²) in [7, 11) is 0. The molecule has 0 bridgehead atoms. The monoisotopic (exact) mass is 393 g/mol. The molecule has 120 valence electrons. The Balaban J connectivity index is 2.01. The highest BCUT2D eigenvalue weighted by molar-refractivity contribution is 7.22. The van der Waals surface area contributed by atoms with E-state index < -0.39 is 0 Å². The maximum absolute atomic E-state index is 6.16. The van der Waals surface area contributed by atoms with Crippen LogP contribution in [0.25, 0.3) is 31.7 Å². The number of halogens is 3. The van der Waals surface area contributed by atoms with Gasteiger partial charge in [0, 0.05) is 9.72 Å². The van der Waals surface area contributed by atoms with Crippen molar-refractivity contribution in [1.82, 2.24) is 9.97 Å². The van der Waals surface area contributed by atoms with E-state index in [2.05, 4.69) is 9.97 Å². The van der Waals surface area contributed by atoms with E-state index in [1.807, 2.05) is 25.1 Å². The third-order valence-electron chi connectivity index (χ3n) is 3.85. The number of fused-ring (bicyclic) bond motifs is 2.